The number of aryl methyl sites for hydroxylation is 1. The van der Waals surface area contributed by atoms with E-state index >= 15 is 0 Å². The van der Waals surface area contributed by atoms with Crippen LogP contribution in [0.5, 0.6) is 11.5 Å². The van der Waals surface area contributed by atoms with Crippen molar-refractivity contribution in [1.29, 1.82) is 0 Å². The van der Waals surface area contributed by atoms with Crippen molar-refractivity contribution in [3.63, 3.8) is 0 Å². The van der Waals surface area contributed by atoms with Gasteiger partial charge < -0.3 is 9.84 Å². The second kappa shape index (κ2) is 4.43. The lowest BCUT2D eigenvalue weighted by molar-refractivity contribution is -0.135. The molecular formula is C16H14O3. The molecule has 1 N–H and O–H groups in total. The third-order valence-electron chi connectivity index (χ3n) is 3.53. The highest BCUT2D eigenvalue weighted by Gasteiger charge is 2.29. The van der Waals surface area contributed by atoms with Crippen LogP contribution in [0, 0.1) is 6.92 Å². The highest BCUT2D eigenvalue weighted by atomic mass is 16.5. The lowest BCUT2D eigenvalue weighted by Gasteiger charge is -2.26. The largest absolute Gasteiger partial charge is 0.508 e. The third kappa shape index (κ3) is 2.08. The van der Waals surface area contributed by atoms with Crippen LogP contribution in [0.25, 0.3) is 0 Å². The van der Waals surface area contributed by atoms with Gasteiger partial charge in [-0.3, -0.25) is 4.79 Å². The molecule has 1 aliphatic rings. The Morgan fingerprint density at radius 2 is 1.95 bits per heavy atom. The third-order valence-corrected chi connectivity index (χ3v) is 3.53. The summed E-state index contributed by atoms with van der Waals surface area (Å²) in [6, 6.07) is 13.0. The molecule has 1 aliphatic heterocycles. The molecular weight excluding hydrogens is 240 g/mol. The van der Waals surface area contributed by atoms with Crippen molar-refractivity contribution >= 4 is 5.97 Å². The summed E-state index contributed by atoms with van der Waals surface area (Å²) in [6.45, 7) is 2.04. The zero-order chi connectivity index (χ0) is 13.4. The van der Waals surface area contributed by atoms with Gasteiger partial charge >= 0.3 is 5.97 Å². The van der Waals surface area contributed by atoms with Crippen LogP contribution in [0.2, 0.25) is 0 Å². The minimum absolute atomic E-state index is 0.00181. The van der Waals surface area contributed by atoms with Gasteiger partial charge in [-0.1, -0.05) is 30.3 Å². The minimum Gasteiger partial charge on any atom is -0.508 e. The summed E-state index contributed by atoms with van der Waals surface area (Å²) in [5.74, 6) is 0.311. The first-order valence-electron chi connectivity index (χ1n) is 6.24. The molecule has 0 amide bonds. The number of fused-ring (bicyclic) bond motifs is 1. The first-order valence-corrected chi connectivity index (χ1v) is 6.24. The number of hydrogen-bond donors (Lipinski definition) is 1. The van der Waals surface area contributed by atoms with Crippen LogP contribution >= 0.6 is 0 Å². The summed E-state index contributed by atoms with van der Waals surface area (Å²) in [5, 5.41) is 9.49. The second-order valence-electron chi connectivity index (χ2n) is 4.81. The number of esters is 1. The van der Waals surface area contributed by atoms with Crippen LogP contribution in [0.15, 0.2) is 42.5 Å². The topological polar surface area (TPSA) is 46.5 Å². The maximum atomic E-state index is 11.7. The summed E-state index contributed by atoms with van der Waals surface area (Å²) < 4.78 is 5.21. The van der Waals surface area contributed by atoms with E-state index in [-0.39, 0.29) is 17.6 Å². The SMILES string of the molecule is Cc1ccccc1[C@@H]1CC(=O)Oc2cc(O)ccc21. The van der Waals surface area contributed by atoms with Crippen LogP contribution < -0.4 is 4.74 Å². The number of hydrogen-bond acceptors (Lipinski definition) is 3. The number of carbonyl (C=O) groups is 1. The summed E-state index contributed by atoms with van der Waals surface area (Å²) in [6.07, 6.45) is 0.336. The second-order valence-corrected chi connectivity index (χ2v) is 4.81. The number of benzene rings is 2. The minimum atomic E-state index is -0.258. The number of rotatable bonds is 1. The fourth-order valence-corrected chi connectivity index (χ4v) is 2.60. The van der Waals surface area contributed by atoms with Crippen molar-refractivity contribution in [2.24, 2.45) is 0 Å². The summed E-state index contributed by atoms with van der Waals surface area (Å²) >= 11 is 0. The Morgan fingerprint density at radius 3 is 2.74 bits per heavy atom. The molecule has 0 aromatic heterocycles. The highest BCUT2D eigenvalue weighted by Crippen LogP contribution is 2.40. The lowest BCUT2D eigenvalue weighted by Crippen LogP contribution is -2.21. The summed E-state index contributed by atoms with van der Waals surface area (Å²) in [7, 11) is 0. The van der Waals surface area contributed by atoms with Crippen LogP contribution in [0.3, 0.4) is 0 Å². The molecule has 0 aliphatic carbocycles. The zero-order valence-electron chi connectivity index (χ0n) is 10.6. The average molecular weight is 254 g/mol. The molecule has 0 saturated carbocycles. The highest BCUT2D eigenvalue weighted by molar-refractivity contribution is 5.78. The van der Waals surface area contributed by atoms with Gasteiger partial charge in [0.1, 0.15) is 11.5 Å². The zero-order valence-corrected chi connectivity index (χ0v) is 10.6. The molecule has 19 heavy (non-hydrogen) atoms. The van der Waals surface area contributed by atoms with E-state index in [0.717, 1.165) is 16.7 Å². The van der Waals surface area contributed by atoms with Crippen molar-refractivity contribution in [2.45, 2.75) is 19.3 Å². The van der Waals surface area contributed by atoms with E-state index in [1.54, 1.807) is 6.07 Å². The lowest BCUT2D eigenvalue weighted by atomic mass is 9.84. The van der Waals surface area contributed by atoms with Crippen LogP contribution in [-0.2, 0) is 4.79 Å². The Balaban J connectivity index is 2.14. The fraction of sp³-hybridized carbons (Fsp3) is 0.188. The standard InChI is InChI=1S/C16H14O3/c1-10-4-2-3-5-12(10)14-9-16(18)19-15-8-11(17)6-7-13(14)15/h2-8,14,17H,9H2,1H3/t14-/m0/s1. The monoisotopic (exact) mass is 254 g/mol. The van der Waals surface area contributed by atoms with E-state index in [1.165, 1.54) is 6.07 Å². The van der Waals surface area contributed by atoms with E-state index in [1.807, 2.05) is 37.3 Å². The predicted molar refractivity (Wildman–Crippen MR) is 71.4 cm³/mol. The molecule has 0 unspecified atom stereocenters. The van der Waals surface area contributed by atoms with E-state index in [2.05, 4.69) is 0 Å². The average Bonchev–Trinajstić information content (AvgIpc) is 2.38. The number of phenols is 1. The van der Waals surface area contributed by atoms with Crippen molar-refractivity contribution in [3.05, 3.63) is 59.2 Å². The molecule has 96 valence electrons. The number of ether oxygens (including phenoxy) is 1. The van der Waals surface area contributed by atoms with Crippen molar-refractivity contribution in [1.82, 2.24) is 0 Å². The van der Waals surface area contributed by atoms with E-state index < -0.39 is 0 Å². The number of aromatic hydroxyl groups is 1. The molecule has 3 heteroatoms. The Hall–Kier alpha value is -2.29. The molecule has 0 saturated heterocycles. The van der Waals surface area contributed by atoms with Gasteiger partial charge in [0, 0.05) is 17.5 Å². The summed E-state index contributed by atoms with van der Waals surface area (Å²) in [5.41, 5.74) is 3.24. The van der Waals surface area contributed by atoms with E-state index in [0.29, 0.717) is 12.2 Å². The fourth-order valence-electron chi connectivity index (χ4n) is 2.60. The Kier molecular flexibility index (Phi) is 2.75. The maximum absolute atomic E-state index is 11.7. The first-order chi connectivity index (χ1) is 9.15. The molecule has 3 rings (SSSR count). The predicted octanol–water partition coefficient (Wildman–Crippen LogP) is 3.14. The molecule has 1 atom stereocenters. The van der Waals surface area contributed by atoms with Gasteiger partial charge in [0.15, 0.2) is 0 Å². The van der Waals surface area contributed by atoms with Gasteiger partial charge in [0.25, 0.3) is 0 Å². The van der Waals surface area contributed by atoms with E-state index in [9.17, 15) is 9.90 Å². The quantitative estimate of drug-likeness (QED) is 0.628. The van der Waals surface area contributed by atoms with Gasteiger partial charge in [-0.25, -0.2) is 0 Å². The molecule has 2 aromatic carbocycles. The number of phenolic OH excluding ortho intramolecular Hbond substituents is 1. The van der Waals surface area contributed by atoms with E-state index in [4.69, 9.17) is 4.74 Å². The van der Waals surface area contributed by atoms with Crippen LogP contribution in [0.1, 0.15) is 29.0 Å². The van der Waals surface area contributed by atoms with Gasteiger partial charge in [-0.05, 0) is 24.1 Å². The molecule has 2 aromatic rings. The normalized spacial score (nSPS) is 17.7. The van der Waals surface area contributed by atoms with Crippen molar-refractivity contribution < 1.29 is 14.6 Å². The smallest absolute Gasteiger partial charge is 0.312 e. The molecule has 0 radical (unpaired) electrons. The van der Waals surface area contributed by atoms with Crippen molar-refractivity contribution in [2.75, 3.05) is 0 Å². The maximum Gasteiger partial charge on any atom is 0.312 e. The molecule has 3 nitrogen and oxygen atoms in total. The Labute approximate surface area is 111 Å². The first kappa shape index (κ1) is 11.8. The van der Waals surface area contributed by atoms with Gasteiger partial charge in [0.05, 0.1) is 6.42 Å². The van der Waals surface area contributed by atoms with Gasteiger partial charge in [-0.2, -0.15) is 0 Å². The Bertz CT molecular complexity index is 646. The van der Waals surface area contributed by atoms with Crippen LogP contribution in [-0.4, -0.2) is 11.1 Å². The van der Waals surface area contributed by atoms with Gasteiger partial charge in [-0.15, -0.1) is 0 Å². The van der Waals surface area contributed by atoms with Crippen molar-refractivity contribution in [3.8, 4) is 11.5 Å². The molecule has 0 bridgehead atoms. The molecule has 0 fully saturated rings. The summed E-state index contributed by atoms with van der Waals surface area (Å²) in [4.78, 5) is 11.7. The number of carbonyl (C=O) groups excluding carboxylic acids is 1. The Morgan fingerprint density at radius 1 is 1.16 bits per heavy atom. The molecule has 1 heterocycles. The van der Waals surface area contributed by atoms with Crippen LogP contribution in [0.4, 0.5) is 0 Å². The van der Waals surface area contributed by atoms with Gasteiger partial charge in [0.2, 0.25) is 0 Å². The molecule has 0 spiro atoms.